The largest absolute Gasteiger partial charge is 0.342 e. The summed E-state index contributed by atoms with van der Waals surface area (Å²) in [6.07, 6.45) is 3.37. The van der Waals surface area contributed by atoms with Crippen LogP contribution in [0, 0.1) is 3.57 Å². The molecule has 0 saturated carbocycles. The molecule has 0 fully saturated rings. The molecule has 0 unspecified atom stereocenters. The molecule has 0 radical (unpaired) electrons. The van der Waals surface area contributed by atoms with Crippen LogP contribution in [-0.2, 0) is 0 Å². The van der Waals surface area contributed by atoms with E-state index in [9.17, 15) is 4.79 Å². The highest BCUT2D eigenvalue weighted by Gasteiger charge is 2.14. The Hall–Kier alpha value is 0.380. The van der Waals surface area contributed by atoms with E-state index in [1.54, 1.807) is 4.90 Å². The van der Waals surface area contributed by atoms with E-state index in [1.807, 2.05) is 25.2 Å². The molecule has 0 aliphatic carbocycles. The quantitative estimate of drug-likeness (QED) is 0.323. The van der Waals surface area contributed by atoms with E-state index >= 15 is 0 Å². The van der Waals surface area contributed by atoms with Gasteiger partial charge in [0.2, 0.25) is 0 Å². The molecule has 1 rings (SSSR count). The lowest BCUT2D eigenvalue weighted by atomic mass is 10.2. The molecule has 1 aromatic rings. The van der Waals surface area contributed by atoms with Crippen LogP contribution in [0.2, 0.25) is 0 Å². The van der Waals surface area contributed by atoms with Crippen molar-refractivity contribution >= 4 is 60.4 Å². The molecule has 100 valence electrons. The van der Waals surface area contributed by atoms with Gasteiger partial charge < -0.3 is 4.90 Å². The van der Waals surface area contributed by atoms with E-state index in [2.05, 4.69) is 54.5 Å². The second-order valence-corrected chi connectivity index (χ2v) is 6.97. The molecule has 0 aliphatic rings. The van der Waals surface area contributed by atoms with Crippen LogP contribution in [0.1, 0.15) is 29.6 Å². The Bertz CT molecular complexity index is 412. The zero-order valence-electron chi connectivity index (χ0n) is 10.3. The minimum Gasteiger partial charge on any atom is -0.342 e. The van der Waals surface area contributed by atoms with Gasteiger partial charge in [-0.25, -0.2) is 0 Å². The van der Waals surface area contributed by atoms with Crippen molar-refractivity contribution in [2.75, 3.05) is 18.9 Å². The number of hydrogen-bond donors (Lipinski definition) is 0. The Morgan fingerprint density at radius 2 is 2.06 bits per heavy atom. The molecule has 0 bridgehead atoms. The number of nitrogens with zero attached hydrogens (tertiary/aromatic N) is 1. The van der Waals surface area contributed by atoms with E-state index in [-0.39, 0.29) is 5.91 Å². The normalized spacial score (nSPS) is 10.4. The number of alkyl halides is 1. The van der Waals surface area contributed by atoms with Gasteiger partial charge in [0.15, 0.2) is 0 Å². The highest BCUT2D eigenvalue weighted by atomic mass is 127. The van der Waals surface area contributed by atoms with Crippen LogP contribution in [0.5, 0.6) is 0 Å². The predicted octanol–water partition coefficient (Wildman–Crippen LogP) is 4.69. The molecular weight excluding hydrogens is 473 g/mol. The van der Waals surface area contributed by atoms with Gasteiger partial charge in [-0.3, -0.25) is 4.79 Å². The number of carbonyl (C=O) groups excluding carboxylic acids is 1. The summed E-state index contributed by atoms with van der Waals surface area (Å²) in [7, 11) is 1.87. The van der Waals surface area contributed by atoms with Gasteiger partial charge in [-0.15, -0.1) is 0 Å². The third kappa shape index (κ3) is 5.17. The van der Waals surface area contributed by atoms with Crippen molar-refractivity contribution in [2.24, 2.45) is 0 Å². The fourth-order valence-corrected chi connectivity index (χ4v) is 2.91. The average Bonchev–Trinajstić information content (AvgIpc) is 2.36. The Kier molecular flexibility index (Phi) is 7.79. The summed E-state index contributed by atoms with van der Waals surface area (Å²) in [5, 5.41) is 1.04. The van der Waals surface area contributed by atoms with Gasteiger partial charge >= 0.3 is 0 Å². The van der Waals surface area contributed by atoms with E-state index in [4.69, 9.17) is 0 Å². The molecule has 2 nitrogen and oxygen atoms in total. The number of carbonyl (C=O) groups is 1. The fraction of sp³-hybridized carbons (Fsp3) is 0.462. The smallest absolute Gasteiger partial charge is 0.254 e. The number of hydrogen-bond acceptors (Lipinski definition) is 1. The van der Waals surface area contributed by atoms with Crippen LogP contribution < -0.4 is 0 Å². The number of halogens is 3. The zero-order valence-corrected chi connectivity index (χ0v) is 15.6. The van der Waals surface area contributed by atoms with Crippen molar-refractivity contribution in [3.05, 3.63) is 31.8 Å². The summed E-state index contributed by atoms with van der Waals surface area (Å²) in [4.78, 5) is 14.1. The van der Waals surface area contributed by atoms with Gasteiger partial charge in [-0.1, -0.05) is 38.3 Å². The number of amides is 1. The molecule has 1 aromatic carbocycles. The summed E-state index contributed by atoms with van der Waals surface area (Å²) in [6.45, 7) is 0.814. The molecule has 5 heteroatoms. The highest BCUT2D eigenvalue weighted by Crippen LogP contribution is 2.19. The topological polar surface area (TPSA) is 20.3 Å². The van der Waals surface area contributed by atoms with Crippen LogP contribution in [0.3, 0.4) is 0 Å². The summed E-state index contributed by atoms with van der Waals surface area (Å²) in [5.41, 5.74) is 0.771. The Labute approximate surface area is 139 Å². The lowest BCUT2D eigenvalue weighted by molar-refractivity contribution is 0.0791. The first kappa shape index (κ1) is 16.4. The zero-order chi connectivity index (χ0) is 13.5. The first-order valence-electron chi connectivity index (χ1n) is 5.82. The maximum Gasteiger partial charge on any atom is 0.254 e. The summed E-state index contributed by atoms with van der Waals surface area (Å²) >= 11 is 9.02. The van der Waals surface area contributed by atoms with Crippen molar-refractivity contribution in [2.45, 2.75) is 19.3 Å². The third-order valence-corrected chi connectivity index (χ3v) is 4.63. The lowest BCUT2D eigenvalue weighted by Gasteiger charge is -2.18. The van der Waals surface area contributed by atoms with E-state index in [1.165, 1.54) is 0 Å². The van der Waals surface area contributed by atoms with Crippen molar-refractivity contribution in [3.8, 4) is 0 Å². The summed E-state index contributed by atoms with van der Waals surface area (Å²) in [5.74, 6) is 0.0968. The van der Waals surface area contributed by atoms with Gasteiger partial charge in [0, 0.05) is 27.0 Å². The van der Waals surface area contributed by atoms with Gasteiger partial charge in [-0.05, 0) is 53.6 Å². The second-order valence-electron chi connectivity index (χ2n) is 4.10. The first-order chi connectivity index (χ1) is 8.56. The van der Waals surface area contributed by atoms with Crippen LogP contribution in [0.15, 0.2) is 22.7 Å². The molecule has 0 heterocycles. The van der Waals surface area contributed by atoms with E-state index < -0.39 is 0 Å². The molecule has 0 aliphatic heterocycles. The number of unbranched alkanes of at least 4 members (excludes halogenated alkanes) is 2. The molecule has 0 aromatic heterocycles. The van der Waals surface area contributed by atoms with Crippen molar-refractivity contribution in [3.63, 3.8) is 0 Å². The maximum absolute atomic E-state index is 12.3. The Morgan fingerprint density at radius 1 is 1.33 bits per heavy atom. The molecule has 18 heavy (non-hydrogen) atoms. The van der Waals surface area contributed by atoms with Crippen molar-refractivity contribution < 1.29 is 4.79 Å². The fourth-order valence-electron chi connectivity index (χ4n) is 1.59. The molecule has 1 amide bonds. The molecule has 0 N–H and O–H groups in total. The Balaban J connectivity index is 2.60. The average molecular weight is 489 g/mol. The molecule has 0 saturated heterocycles. The summed E-state index contributed by atoms with van der Waals surface area (Å²) < 4.78 is 1.94. The summed E-state index contributed by atoms with van der Waals surface area (Å²) in [6, 6.07) is 5.80. The van der Waals surface area contributed by atoms with Gasteiger partial charge in [0.25, 0.3) is 5.91 Å². The van der Waals surface area contributed by atoms with E-state index in [0.29, 0.717) is 0 Å². The first-order valence-corrected chi connectivity index (χ1v) is 8.82. The maximum atomic E-state index is 12.3. The van der Waals surface area contributed by atoms with Crippen LogP contribution in [0.25, 0.3) is 0 Å². The number of benzene rings is 1. The van der Waals surface area contributed by atoms with Crippen molar-refractivity contribution in [1.82, 2.24) is 4.90 Å². The third-order valence-electron chi connectivity index (χ3n) is 2.63. The monoisotopic (exact) mass is 487 g/mol. The second kappa shape index (κ2) is 8.53. The standard InChI is InChI=1S/C13H16Br2INO/c1-17(8-4-2-3-7-14)13(18)11-9-10(15)5-6-12(11)16/h5-6,9H,2-4,7-8H2,1H3. The Morgan fingerprint density at radius 3 is 2.72 bits per heavy atom. The van der Waals surface area contributed by atoms with Crippen LogP contribution >= 0.6 is 54.5 Å². The minimum atomic E-state index is 0.0968. The number of rotatable bonds is 6. The van der Waals surface area contributed by atoms with Crippen LogP contribution in [0.4, 0.5) is 0 Å². The van der Waals surface area contributed by atoms with E-state index in [0.717, 1.165) is 44.7 Å². The molecule has 0 atom stereocenters. The molecule has 0 spiro atoms. The highest BCUT2D eigenvalue weighted by molar-refractivity contribution is 14.1. The van der Waals surface area contributed by atoms with Gasteiger partial charge in [0.05, 0.1) is 5.56 Å². The lowest BCUT2D eigenvalue weighted by Crippen LogP contribution is -2.28. The van der Waals surface area contributed by atoms with Gasteiger partial charge in [-0.2, -0.15) is 0 Å². The molecular formula is C13H16Br2INO. The SMILES string of the molecule is CN(CCCCCBr)C(=O)c1cc(Br)ccc1I. The predicted molar refractivity (Wildman–Crippen MR) is 91.5 cm³/mol. The van der Waals surface area contributed by atoms with Crippen LogP contribution in [-0.4, -0.2) is 29.7 Å². The van der Waals surface area contributed by atoms with Gasteiger partial charge in [0.1, 0.15) is 0 Å². The minimum absolute atomic E-state index is 0.0968. The van der Waals surface area contributed by atoms with Crippen molar-refractivity contribution in [1.29, 1.82) is 0 Å².